The average Bonchev–Trinajstić information content (AvgIpc) is 1.19. The lowest BCUT2D eigenvalue weighted by Crippen LogP contribution is -2.65. The highest BCUT2D eigenvalue weighted by molar-refractivity contribution is 7.14. The topological polar surface area (TPSA) is 655 Å². The Balaban J connectivity index is 1.05. The summed E-state index contributed by atoms with van der Waals surface area (Å²) in [7, 11) is 0. The van der Waals surface area contributed by atoms with Gasteiger partial charge >= 0.3 is 6.09 Å². The van der Waals surface area contributed by atoms with Crippen LogP contribution in [0.2, 0.25) is 0 Å². The zero-order valence-electron chi connectivity index (χ0n) is 57.4. The van der Waals surface area contributed by atoms with E-state index >= 15 is 4.79 Å². The summed E-state index contributed by atoms with van der Waals surface area (Å²) in [6, 6.07) is -7.87. The first kappa shape index (κ1) is 83.1. The van der Waals surface area contributed by atoms with E-state index in [9.17, 15) is 74.4 Å². The van der Waals surface area contributed by atoms with Gasteiger partial charge in [0.1, 0.15) is 94.6 Å². The molecule has 0 bridgehead atoms. The van der Waals surface area contributed by atoms with Gasteiger partial charge in [0, 0.05) is 68.4 Å². The van der Waals surface area contributed by atoms with Crippen molar-refractivity contribution >= 4 is 82.3 Å². The largest absolute Gasteiger partial charge is 0.441 e. The molecule has 2 fully saturated rings. The van der Waals surface area contributed by atoms with Gasteiger partial charge in [-0.1, -0.05) is 6.92 Å². The zero-order valence-corrected chi connectivity index (χ0v) is 59.0. The van der Waals surface area contributed by atoms with Gasteiger partial charge in [-0.25, -0.2) is 29.7 Å². The maximum atomic E-state index is 15.2. The average molecular weight is 1510 g/mol. The Labute approximate surface area is 603 Å². The maximum absolute atomic E-state index is 15.2. The number of ether oxygens (including phenoxy) is 5. The second-order valence-corrected chi connectivity index (χ2v) is 26.8. The number of carbonyl (C=O) groups is 8. The van der Waals surface area contributed by atoms with Crippen LogP contribution in [0.4, 0.5) is 10.6 Å². The predicted octanol–water partition coefficient (Wildman–Crippen LogP) is -7.48. The second kappa shape index (κ2) is 39.8. The van der Waals surface area contributed by atoms with Gasteiger partial charge in [0.2, 0.25) is 29.5 Å². The van der Waals surface area contributed by atoms with Gasteiger partial charge in [0.05, 0.1) is 79.0 Å². The number of nitrogens with two attached hydrogens (primary N) is 5. The van der Waals surface area contributed by atoms with E-state index in [4.69, 9.17) is 52.4 Å². The van der Waals surface area contributed by atoms with Gasteiger partial charge in [-0.15, -0.1) is 22.7 Å². The van der Waals surface area contributed by atoms with Crippen molar-refractivity contribution in [1.29, 1.82) is 0 Å². The van der Waals surface area contributed by atoms with Crippen LogP contribution in [0.5, 0.6) is 0 Å². The molecule has 7 heterocycles. The van der Waals surface area contributed by atoms with Gasteiger partial charge in [-0.05, 0) is 59.5 Å². The number of carbonyl (C=O) groups excluding carboxylic acids is 8. The number of rotatable bonds is 40. The molecule has 7 rings (SSSR count). The van der Waals surface area contributed by atoms with Crippen molar-refractivity contribution in [2.75, 3.05) is 71.3 Å². The maximum Gasteiger partial charge on any atom is 0.404 e. The van der Waals surface area contributed by atoms with Crippen LogP contribution in [0, 0.1) is 12.8 Å². The van der Waals surface area contributed by atoms with Crippen molar-refractivity contribution in [3.8, 4) is 10.7 Å². The molecule has 4 aromatic heterocycles. The Hall–Kier alpha value is -8.22. The highest BCUT2D eigenvalue weighted by Gasteiger charge is 2.54. The van der Waals surface area contributed by atoms with E-state index in [0.29, 0.717) is 22.3 Å². The first-order chi connectivity index (χ1) is 49.5. The van der Waals surface area contributed by atoms with Crippen molar-refractivity contribution in [2.45, 2.75) is 176 Å². The van der Waals surface area contributed by atoms with E-state index in [-0.39, 0.29) is 54.0 Å². The van der Waals surface area contributed by atoms with E-state index in [1.807, 2.05) is 6.34 Å². The Morgan fingerprint density at radius 3 is 2.16 bits per heavy atom. The minimum atomic E-state index is -2.20. The first-order valence-electron chi connectivity index (χ1n) is 33.4. The number of nitrogens with zero attached hydrogens (tertiary/aromatic N) is 7. The molecule has 8 amide bonds. The fraction of sp³-hybridized carbons (Fsp3) is 0.639. The molecule has 0 spiro atoms. The van der Waals surface area contributed by atoms with E-state index in [0.717, 1.165) is 70.9 Å². The number of thiazole rings is 2. The summed E-state index contributed by atoms with van der Waals surface area (Å²) in [5.74, 6) is -8.72. The highest BCUT2D eigenvalue weighted by Crippen LogP contribution is 2.35. The van der Waals surface area contributed by atoms with Crippen molar-refractivity contribution in [3.63, 3.8) is 0 Å². The third kappa shape index (κ3) is 22.9. The van der Waals surface area contributed by atoms with Gasteiger partial charge in [-0.3, -0.25) is 38.6 Å². The van der Waals surface area contributed by atoms with Crippen molar-refractivity contribution in [2.24, 2.45) is 33.8 Å². The van der Waals surface area contributed by atoms with E-state index in [1.165, 1.54) is 50.4 Å². The van der Waals surface area contributed by atoms with Crippen LogP contribution >= 0.6 is 22.7 Å². The van der Waals surface area contributed by atoms with E-state index < -0.39 is 183 Å². The number of aliphatic imine (C=N–C) groups is 1. The number of aliphatic hydroxyl groups is 8. The third-order valence-electron chi connectivity index (χ3n) is 17.1. The van der Waals surface area contributed by atoms with Crippen LogP contribution in [0.25, 0.3) is 10.7 Å². The molecule has 0 unspecified atom stereocenters. The molecule has 0 radical (unpaired) electrons. The van der Waals surface area contributed by atoms with Crippen LogP contribution in [0.15, 0.2) is 28.3 Å². The summed E-state index contributed by atoms with van der Waals surface area (Å²) in [4.78, 5) is 138. The molecule has 0 saturated carbocycles. The van der Waals surface area contributed by atoms with Crippen LogP contribution in [-0.4, -0.2) is 293 Å². The smallest absolute Gasteiger partial charge is 0.404 e. The Kier molecular flexibility index (Phi) is 31.8. The number of aliphatic hydroxyl groups excluding tert-OH is 8. The quantitative estimate of drug-likeness (QED) is 0.0184. The number of hydrogen-bond acceptors (Lipinski definition) is 34. The van der Waals surface area contributed by atoms with Crippen molar-refractivity contribution in [3.05, 3.63) is 56.8 Å². The molecule has 19 atom stereocenters. The molecule has 104 heavy (non-hydrogen) atoms. The minimum absolute atomic E-state index is 0.0131. The number of H-pyrrole nitrogens is 1. The third-order valence-corrected chi connectivity index (χ3v) is 18.9. The summed E-state index contributed by atoms with van der Waals surface area (Å²) >= 11 is 2.52. The standard InChI is InChI=1S/C61H94N20O21S2/c1-26-39(77-52(80-50(26)64)31(17-37(63)85)72-18-30(62)51(65)91)56(95)79-41(47(32-19-69-24-73-32)100-60-49(45(89)43(87)35(20-82)99-60)101-59-46(90)48(102-61(66)97)44(88)36(21-83)98-59)57(96)74-28(3)42(86)27(2)53(92)78-40(29(4)84)55(94)71-14-9-38-75-34(23-103-38)58-76-33(22-104-58)54(93)70-13-7-11-67-10-5-6-15-81-16-8-12-68-25-81/h19,22-25,27-31,35-36,40-49,59-60,67,72,82-84,86-90H,5-18,20-21,62H2,1-4H3,(H2,63,85)(H2,65,91)(H2,66,97)(H,69,73)(H,70,93)(H,71,94)(H,74,96)(H,78,92)(H,79,95)(H2,64,77,80)/t27-,28+,29+,30-,31-,35-,36+,40-,41-,42-,43+,44+,45-,46-,47-,48-,49-,59+,60-/m0/s1. The summed E-state index contributed by atoms with van der Waals surface area (Å²) in [5.41, 5.74) is 28.1. The molecule has 43 heteroatoms. The van der Waals surface area contributed by atoms with E-state index in [2.05, 4.69) is 77.0 Å². The Morgan fingerprint density at radius 2 is 1.50 bits per heavy atom. The van der Waals surface area contributed by atoms with Crippen LogP contribution in [-0.2, 0) is 54.1 Å². The number of aromatic amines is 1. The molecule has 3 aliphatic rings. The number of aromatic nitrogens is 6. The predicted molar refractivity (Wildman–Crippen MR) is 366 cm³/mol. The zero-order chi connectivity index (χ0) is 76.1. The molecular weight excluding hydrogens is 1410 g/mol. The molecule has 576 valence electrons. The number of primary amides is 3. The molecular formula is C61H94N20O21S2. The number of amides is 8. The lowest BCUT2D eigenvalue weighted by Gasteiger charge is -2.47. The number of unbranched alkanes of at least 4 members (excludes halogenated alkanes) is 1. The van der Waals surface area contributed by atoms with Gasteiger partial charge in [0.15, 0.2) is 18.7 Å². The number of nitrogen functional groups attached to an aromatic ring is 1. The van der Waals surface area contributed by atoms with E-state index in [1.54, 1.807) is 10.8 Å². The molecule has 4 aromatic rings. The van der Waals surface area contributed by atoms with Crippen molar-refractivity contribution in [1.82, 2.24) is 72.0 Å². The van der Waals surface area contributed by atoms with Crippen LogP contribution < -0.4 is 65.9 Å². The number of anilines is 1. The fourth-order valence-corrected chi connectivity index (χ4v) is 12.7. The minimum Gasteiger partial charge on any atom is -0.441 e. The molecule has 3 aliphatic heterocycles. The normalized spacial score (nSPS) is 23.8. The lowest BCUT2D eigenvalue weighted by molar-refractivity contribution is -0.372. The lowest BCUT2D eigenvalue weighted by atomic mass is 9.96. The number of hydrogen-bond donors (Lipinski definition) is 21. The summed E-state index contributed by atoms with van der Waals surface area (Å²) in [5, 5.41) is 112. The second-order valence-electron chi connectivity index (χ2n) is 25.0. The van der Waals surface area contributed by atoms with Crippen LogP contribution in [0.1, 0.15) is 108 Å². The summed E-state index contributed by atoms with van der Waals surface area (Å²) in [6.07, 6.45) is -19.3. The molecule has 2 saturated heterocycles. The van der Waals surface area contributed by atoms with Crippen molar-refractivity contribution < 1.29 is 103 Å². The highest BCUT2D eigenvalue weighted by atomic mass is 32.1. The van der Waals surface area contributed by atoms with Crippen LogP contribution in [0.3, 0.4) is 0 Å². The number of nitrogens with one attached hydrogen (secondary N) is 8. The first-order valence-corrected chi connectivity index (χ1v) is 35.2. The van der Waals surface area contributed by atoms with Gasteiger partial charge in [-0.2, -0.15) is 0 Å². The number of imidazole rings is 1. The molecule has 41 nitrogen and oxygen atoms in total. The molecule has 0 aliphatic carbocycles. The Morgan fingerprint density at radius 1 is 0.779 bits per heavy atom. The Bertz CT molecular complexity index is 3520. The van der Waals surface area contributed by atoms with Gasteiger partial charge in [0.25, 0.3) is 11.8 Å². The monoisotopic (exact) mass is 1510 g/mol. The SMILES string of the molecule is Cc1c(N)nc([C@H](CC(N)=O)NC[C@H](N)C(N)=O)nc1C(=O)N[C@H](C(=O)N[C@H](C)[C@@H](O)[C@H](C)C(=O)N[C@H](C(=O)NCCc1nc(-c2nc(C(=O)NCCCNCCCCN3C=NCCC3)cs2)cs1)[C@@H](C)O)[C@@H](O[C@@H]1O[C@@H](CO)[C@@H](O)[C@H](O)[C@@H]1O[C@H]1O[C@H](CO)[C@@H](O)[C@H](OC(N)=O)[C@@H]1O)c1cnc[nH]1. The fourth-order valence-electron chi connectivity index (χ4n) is 11.1. The van der Waals surface area contributed by atoms with Gasteiger partial charge < -0.3 is 140 Å². The molecule has 26 N–H and O–H groups in total. The summed E-state index contributed by atoms with van der Waals surface area (Å²) < 4.78 is 28.8. The summed E-state index contributed by atoms with van der Waals surface area (Å²) in [6.45, 7) is 7.64. The molecule has 0 aromatic carbocycles.